The van der Waals surface area contributed by atoms with Crippen LogP contribution in [0.2, 0.25) is 0 Å². The van der Waals surface area contributed by atoms with E-state index >= 15 is 0 Å². The first kappa shape index (κ1) is 5.90. The van der Waals surface area contributed by atoms with Crippen LogP contribution >= 0.6 is 0 Å². The van der Waals surface area contributed by atoms with E-state index in [9.17, 15) is 0 Å². The summed E-state index contributed by atoms with van der Waals surface area (Å²) < 4.78 is 0. The maximum absolute atomic E-state index is 3.23. The summed E-state index contributed by atoms with van der Waals surface area (Å²) in [4.78, 5) is 3.23. The molecule has 1 N–H and O–H groups in total. The Morgan fingerprint density at radius 3 is 3.40 bits per heavy atom. The molecule has 1 heteroatoms. The summed E-state index contributed by atoms with van der Waals surface area (Å²) in [5.41, 5.74) is 1.60. The predicted molar refractivity (Wildman–Crippen MR) is 41.8 cm³/mol. The zero-order valence-electron chi connectivity index (χ0n) is 6.01. The van der Waals surface area contributed by atoms with Crippen LogP contribution in [0.25, 0.3) is 0 Å². The van der Waals surface area contributed by atoms with Crippen molar-refractivity contribution in [2.45, 2.75) is 12.8 Å². The molecule has 1 unspecified atom stereocenters. The van der Waals surface area contributed by atoms with E-state index in [1.54, 1.807) is 5.57 Å². The quantitative estimate of drug-likeness (QED) is 0.450. The average Bonchev–Trinajstić information content (AvgIpc) is 2.05. The van der Waals surface area contributed by atoms with Gasteiger partial charge in [-0.3, -0.25) is 0 Å². The monoisotopic (exact) mass is 134 g/mol. The third kappa shape index (κ3) is 0.919. The summed E-state index contributed by atoms with van der Waals surface area (Å²) in [5.74, 6) is 0.693. The topological polar surface area (TPSA) is 14.0 Å². The van der Waals surface area contributed by atoms with Crippen molar-refractivity contribution in [3.05, 3.63) is 23.8 Å². The van der Waals surface area contributed by atoms with Crippen LogP contribution < -0.4 is 4.99 Å². The Hall–Kier alpha value is -0.850. The van der Waals surface area contributed by atoms with E-state index in [0.717, 1.165) is 6.54 Å². The number of nitrogens with one attached hydrogen (secondary N) is 1. The number of hydrogen-bond acceptors (Lipinski definition) is 0. The Bertz CT molecular complexity index is 211. The second kappa shape index (κ2) is 2.41. The molecule has 2 aliphatic rings. The standard InChI is InChI=1S/C9H11N/c1-2-4-9-7-10-6-5-8(9)3-1/h2,4-6,9H,1,3,7H2/p+1. The first-order valence-electron chi connectivity index (χ1n) is 3.89. The van der Waals surface area contributed by atoms with Crippen molar-refractivity contribution < 1.29 is 4.99 Å². The maximum atomic E-state index is 3.23. The summed E-state index contributed by atoms with van der Waals surface area (Å²) in [5, 5.41) is 0. The van der Waals surface area contributed by atoms with Gasteiger partial charge in [-0.15, -0.1) is 0 Å². The molecule has 1 aliphatic carbocycles. The summed E-state index contributed by atoms with van der Waals surface area (Å²) in [7, 11) is 0. The van der Waals surface area contributed by atoms with Crippen LogP contribution in [0.4, 0.5) is 0 Å². The molecule has 1 nitrogen and oxygen atoms in total. The highest BCUT2D eigenvalue weighted by molar-refractivity contribution is 5.67. The molecule has 0 saturated carbocycles. The lowest BCUT2D eigenvalue weighted by atomic mass is 9.88. The lowest BCUT2D eigenvalue weighted by Gasteiger charge is -2.17. The Morgan fingerprint density at radius 2 is 2.50 bits per heavy atom. The minimum Gasteiger partial charge on any atom is -0.247 e. The van der Waals surface area contributed by atoms with Gasteiger partial charge in [-0.05, 0) is 12.8 Å². The molecule has 2 rings (SSSR count). The molecule has 1 heterocycles. The van der Waals surface area contributed by atoms with Crippen LogP contribution in [0.15, 0.2) is 23.8 Å². The van der Waals surface area contributed by atoms with Gasteiger partial charge in [-0.2, -0.15) is 0 Å². The molecular weight excluding hydrogens is 122 g/mol. The van der Waals surface area contributed by atoms with Crippen molar-refractivity contribution in [2.75, 3.05) is 6.54 Å². The molecule has 0 aromatic carbocycles. The van der Waals surface area contributed by atoms with Crippen molar-refractivity contribution in [3.63, 3.8) is 0 Å². The van der Waals surface area contributed by atoms with Gasteiger partial charge < -0.3 is 0 Å². The van der Waals surface area contributed by atoms with Crippen LogP contribution in [0.1, 0.15) is 12.8 Å². The summed E-state index contributed by atoms with van der Waals surface area (Å²) in [6.45, 7) is 1.10. The van der Waals surface area contributed by atoms with Gasteiger partial charge in [0.15, 0.2) is 12.8 Å². The fourth-order valence-corrected chi connectivity index (χ4v) is 1.59. The lowest BCUT2D eigenvalue weighted by molar-refractivity contribution is -0.457. The molecule has 0 amide bonds. The number of hydrogen-bond donors (Lipinski definition) is 1. The van der Waals surface area contributed by atoms with Gasteiger partial charge in [-0.25, -0.2) is 4.99 Å². The van der Waals surface area contributed by atoms with E-state index in [1.165, 1.54) is 12.8 Å². The molecule has 1 atom stereocenters. The highest BCUT2D eigenvalue weighted by Crippen LogP contribution is 2.22. The first-order valence-corrected chi connectivity index (χ1v) is 3.89. The number of allylic oxidation sites excluding steroid dienone is 2. The molecule has 10 heavy (non-hydrogen) atoms. The van der Waals surface area contributed by atoms with Crippen molar-refractivity contribution >= 4 is 6.21 Å². The fraction of sp³-hybridized carbons (Fsp3) is 0.444. The van der Waals surface area contributed by atoms with Crippen molar-refractivity contribution in [1.82, 2.24) is 0 Å². The van der Waals surface area contributed by atoms with Crippen LogP contribution in [0.3, 0.4) is 0 Å². The Morgan fingerprint density at radius 1 is 1.50 bits per heavy atom. The normalized spacial score (nSPS) is 29.6. The third-order valence-electron chi connectivity index (χ3n) is 2.20. The van der Waals surface area contributed by atoms with E-state index in [-0.39, 0.29) is 0 Å². The maximum Gasteiger partial charge on any atom is 0.161 e. The van der Waals surface area contributed by atoms with Gasteiger partial charge in [-0.1, -0.05) is 17.7 Å². The Labute approximate surface area is 61.2 Å². The third-order valence-corrected chi connectivity index (χ3v) is 2.20. The SMILES string of the molecule is C1=CC2C[NH+]=CC=C2CC1. The van der Waals surface area contributed by atoms with Crippen LogP contribution in [-0.2, 0) is 0 Å². The molecule has 0 aromatic heterocycles. The molecule has 0 radical (unpaired) electrons. The minimum absolute atomic E-state index is 0.693. The molecular formula is C9H12N+. The second-order valence-electron chi connectivity index (χ2n) is 2.89. The van der Waals surface area contributed by atoms with E-state index < -0.39 is 0 Å². The molecule has 0 aromatic rings. The minimum atomic E-state index is 0.693. The highest BCUT2D eigenvalue weighted by Gasteiger charge is 2.17. The highest BCUT2D eigenvalue weighted by atomic mass is 14.7. The summed E-state index contributed by atoms with van der Waals surface area (Å²) >= 11 is 0. The molecule has 0 fully saturated rings. The largest absolute Gasteiger partial charge is 0.247 e. The van der Waals surface area contributed by atoms with Gasteiger partial charge in [0.05, 0.1) is 5.92 Å². The van der Waals surface area contributed by atoms with Crippen molar-refractivity contribution in [1.29, 1.82) is 0 Å². The Kier molecular flexibility index (Phi) is 1.42. The summed E-state index contributed by atoms with van der Waals surface area (Å²) in [6, 6.07) is 0. The van der Waals surface area contributed by atoms with Gasteiger partial charge >= 0.3 is 0 Å². The van der Waals surface area contributed by atoms with Gasteiger partial charge in [0.2, 0.25) is 0 Å². The first-order chi connectivity index (χ1) is 4.97. The average molecular weight is 134 g/mol. The van der Waals surface area contributed by atoms with E-state index in [4.69, 9.17) is 0 Å². The van der Waals surface area contributed by atoms with Crippen molar-refractivity contribution in [2.24, 2.45) is 5.92 Å². The number of fused-ring (bicyclic) bond motifs is 1. The number of rotatable bonds is 0. The lowest BCUT2D eigenvalue weighted by Crippen LogP contribution is -2.72. The van der Waals surface area contributed by atoms with Crippen LogP contribution in [0, 0.1) is 5.92 Å². The molecule has 0 spiro atoms. The van der Waals surface area contributed by atoms with E-state index in [2.05, 4.69) is 29.4 Å². The van der Waals surface area contributed by atoms with Gasteiger partial charge in [0.1, 0.15) is 0 Å². The fourth-order valence-electron chi connectivity index (χ4n) is 1.59. The predicted octanol–water partition coefficient (Wildman–Crippen LogP) is 0.0440. The zero-order valence-corrected chi connectivity index (χ0v) is 6.01. The molecule has 1 aliphatic heterocycles. The second-order valence-corrected chi connectivity index (χ2v) is 2.89. The van der Waals surface area contributed by atoms with Gasteiger partial charge in [0.25, 0.3) is 0 Å². The zero-order chi connectivity index (χ0) is 6.81. The van der Waals surface area contributed by atoms with E-state index in [1.807, 2.05) is 0 Å². The Balaban J connectivity index is 2.26. The smallest absolute Gasteiger partial charge is 0.161 e. The van der Waals surface area contributed by atoms with Crippen LogP contribution in [0.5, 0.6) is 0 Å². The molecule has 0 bridgehead atoms. The summed E-state index contributed by atoms with van der Waals surface area (Å²) in [6.07, 6.45) is 11.4. The van der Waals surface area contributed by atoms with Gasteiger partial charge in [0, 0.05) is 6.08 Å². The van der Waals surface area contributed by atoms with E-state index in [0.29, 0.717) is 5.92 Å². The molecule has 0 saturated heterocycles. The van der Waals surface area contributed by atoms with Crippen molar-refractivity contribution in [3.8, 4) is 0 Å². The molecule has 52 valence electrons. The van der Waals surface area contributed by atoms with Crippen LogP contribution in [-0.4, -0.2) is 12.8 Å².